The minimum absolute atomic E-state index is 0.121. The van der Waals surface area contributed by atoms with Crippen LogP contribution in [0, 0.1) is 5.82 Å². The van der Waals surface area contributed by atoms with Crippen LogP contribution in [0.1, 0.15) is 15.9 Å². The van der Waals surface area contributed by atoms with Crippen molar-refractivity contribution in [3.63, 3.8) is 0 Å². The Morgan fingerprint density at radius 3 is 2.02 bits per heavy atom. The molecular formula is C34H23ClFN5O2. The number of hydrogen-bond donors (Lipinski definition) is 1. The first-order valence-corrected chi connectivity index (χ1v) is 13.7. The van der Waals surface area contributed by atoms with Crippen LogP contribution in [-0.2, 0) is 0 Å². The van der Waals surface area contributed by atoms with Gasteiger partial charge in [-0.2, -0.15) is 14.5 Å². The molecule has 0 spiro atoms. The number of benzene rings is 4. The van der Waals surface area contributed by atoms with Crippen LogP contribution in [0.25, 0.3) is 28.2 Å². The van der Waals surface area contributed by atoms with Crippen molar-refractivity contribution in [2.75, 3.05) is 0 Å². The molecular weight excluding hydrogens is 565 g/mol. The summed E-state index contributed by atoms with van der Waals surface area (Å²) in [6.45, 7) is 0. The highest BCUT2D eigenvalue weighted by molar-refractivity contribution is 6.28. The summed E-state index contributed by atoms with van der Waals surface area (Å²) in [6.07, 6.45) is 2.43. The summed E-state index contributed by atoms with van der Waals surface area (Å²) < 4.78 is 21.4. The second-order valence-electron chi connectivity index (χ2n) is 9.38. The maximum atomic E-state index is 13.8. The SMILES string of the molecule is O=C(N/N=C/c1ccc(Oc2nc(Cl)ncc2F)cc1)c1ccc(-n2c(-c3ccccc3)ccc2-c2ccccc2)cc1. The van der Waals surface area contributed by atoms with Gasteiger partial charge < -0.3 is 9.30 Å². The van der Waals surface area contributed by atoms with Crippen LogP contribution in [0.3, 0.4) is 0 Å². The van der Waals surface area contributed by atoms with E-state index in [1.807, 2.05) is 48.5 Å². The van der Waals surface area contributed by atoms with Crippen molar-refractivity contribution in [1.82, 2.24) is 20.0 Å². The van der Waals surface area contributed by atoms with E-state index in [2.05, 4.69) is 61.5 Å². The van der Waals surface area contributed by atoms with Crippen molar-refractivity contribution in [3.05, 3.63) is 150 Å². The van der Waals surface area contributed by atoms with Gasteiger partial charge in [-0.15, -0.1) is 0 Å². The first-order chi connectivity index (χ1) is 21.0. The summed E-state index contributed by atoms with van der Waals surface area (Å²) in [5, 5.41) is 3.95. The Morgan fingerprint density at radius 1 is 0.814 bits per heavy atom. The number of amides is 1. The number of nitrogens with zero attached hydrogens (tertiary/aromatic N) is 4. The fraction of sp³-hybridized carbons (Fsp3) is 0. The van der Waals surface area contributed by atoms with E-state index in [1.54, 1.807) is 36.4 Å². The first kappa shape index (κ1) is 27.6. The summed E-state index contributed by atoms with van der Waals surface area (Å²) in [7, 11) is 0. The average molecular weight is 588 g/mol. The standard InChI is InChI=1S/C34H23ClFN5O2/c35-34-37-22-29(36)33(39-34)43-28-17-11-23(12-18-28)21-38-40-32(42)26-13-15-27(16-14-26)41-30(24-7-3-1-4-8-24)19-20-31(41)25-9-5-2-6-10-25/h1-22H,(H,40,42)/b38-21+. The zero-order valence-electron chi connectivity index (χ0n) is 22.6. The molecule has 0 saturated heterocycles. The van der Waals surface area contributed by atoms with Gasteiger partial charge in [-0.3, -0.25) is 4.79 Å². The highest BCUT2D eigenvalue weighted by Gasteiger charge is 2.14. The lowest BCUT2D eigenvalue weighted by atomic mass is 10.1. The quantitative estimate of drug-likeness (QED) is 0.111. The van der Waals surface area contributed by atoms with E-state index >= 15 is 0 Å². The largest absolute Gasteiger partial charge is 0.436 e. The summed E-state index contributed by atoms with van der Waals surface area (Å²) in [6, 6.07) is 38.6. The molecule has 4 aromatic carbocycles. The van der Waals surface area contributed by atoms with Crippen molar-refractivity contribution in [3.8, 4) is 39.8 Å². The zero-order chi connectivity index (χ0) is 29.6. The van der Waals surface area contributed by atoms with E-state index in [4.69, 9.17) is 16.3 Å². The Kier molecular flexibility index (Phi) is 8.02. The Balaban J connectivity index is 1.16. The fourth-order valence-electron chi connectivity index (χ4n) is 4.51. The lowest BCUT2D eigenvalue weighted by Gasteiger charge is -2.15. The van der Waals surface area contributed by atoms with Crippen molar-refractivity contribution >= 4 is 23.7 Å². The Morgan fingerprint density at radius 2 is 1.42 bits per heavy atom. The molecule has 2 heterocycles. The fourth-order valence-corrected chi connectivity index (χ4v) is 4.64. The number of hydrogen-bond acceptors (Lipinski definition) is 5. The van der Waals surface area contributed by atoms with Crippen LogP contribution in [0.4, 0.5) is 4.39 Å². The van der Waals surface area contributed by atoms with Crippen LogP contribution < -0.4 is 10.2 Å². The number of carbonyl (C=O) groups is 1. The van der Waals surface area contributed by atoms with Crippen LogP contribution in [0.15, 0.2) is 133 Å². The monoisotopic (exact) mass is 587 g/mol. The van der Waals surface area contributed by atoms with E-state index in [1.165, 1.54) is 6.21 Å². The summed E-state index contributed by atoms with van der Waals surface area (Å²) >= 11 is 5.70. The minimum atomic E-state index is -0.729. The van der Waals surface area contributed by atoms with E-state index in [0.717, 1.165) is 34.4 Å². The van der Waals surface area contributed by atoms with Gasteiger partial charge in [0.2, 0.25) is 11.1 Å². The molecule has 0 atom stereocenters. The first-order valence-electron chi connectivity index (χ1n) is 13.3. The predicted molar refractivity (Wildman–Crippen MR) is 165 cm³/mol. The highest BCUT2D eigenvalue weighted by Crippen LogP contribution is 2.32. The van der Waals surface area contributed by atoms with Gasteiger partial charge in [0.1, 0.15) is 5.75 Å². The Labute approximate surface area is 251 Å². The molecule has 0 aliphatic heterocycles. The number of nitrogens with one attached hydrogen (secondary N) is 1. The highest BCUT2D eigenvalue weighted by atomic mass is 35.5. The molecule has 6 rings (SSSR count). The summed E-state index contributed by atoms with van der Waals surface area (Å²) in [5.41, 5.74) is 8.90. The summed E-state index contributed by atoms with van der Waals surface area (Å²) in [5.74, 6) is -1.00. The predicted octanol–water partition coefficient (Wildman–Crippen LogP) is 7.95. The molecule has 0 saturated carbocycles. The number of aromatic nitrogens is 3. The molecule has 7 nitrogen and oxygen atoms in total. The lowest BCUT2D eigenvalue weighted by Crippen LogP contribution is -2.17. The zero-order valence-corrected chi connectivity index (χ0v) is 23.3. The third-order valence-electron chi connectivity index (χ3n) is 6.56. The van der Waals surface area contributed by atoms with Crippen LogP contribution >= 0.6 is 11.6 Å². The van der Waals surface area contributed by atoms with E-state index in [9.17, 15) is 9.18 Å². The molecule has 0 bridgehead atoms. The second-order valence-corrected chi connectivity index (χ2v) is 9.72. The van der Waals surface area contributed by atoms with Crippen LogP contribution in [-0.4, -0.2) is 26.7 Å². The van der Waals surface area contributed by atoms with Gasteiger partial charge in [-0.05, 0) is 89.0 Å². The van der Waals surface area contributed by atoms with E-state index in [-0.39, 0.29) is 17.1 Å². The molecule has 6 aromatic rings. The normalized spacial score (nSPS) is 11.0. The van der Waals surface area contributed by atoms with Gasteiger partial charge in [-0.25, -0.2) is 10.4 Å². The Hall–Kier alpha value is -5.60. The maximum Gasteiger partial charge on any atom is 0.271 e. The molecule has 1 N–H and O–H groups in total. The third-order valence-corrected chi connectivity index (χ3v) is 6.75. The number of hydrazone groups is 1. The van der Waals surface area contributed by atoms with Crippen molar-refractivity contribution in [2.24, 2.45) is 5.10 Å². The molecule has 9 heteroatoms. The maximum absolute atomic E-state index is 13.8. The molecule has 0 unspecified atom stereocenters. The summed E-state index contributed by atoms with van der Waals surface area (Å²) in [4.78, 5) is 20.1. The van der Waals surface area contributed by atoms with Crippen LogP contribution in [0.2, 0.25) is 5.28 Å². The average Bonchev–Trinajstić information content (AvgIpc) is 3.50. The van der Waals surface area contributed by atoms with Crippen molar-refractivity contribution in [1.29, 1.82) is 0 Å². The number of carbonyl (C=O) groups excluding carboxylic acids is 1. The van der Waals surface area contributed by atoms with Crippen molar-refractivity contribution < 1.29 is 13.9 Å². The van der Waals surface area contributed by atoms with E-state index < -0.39 is 5.82 Å². The molecule has 0 aliphatic rings. The van der Waals surface area contributed by atoms with Gasteiger partial charge in [-0.1, -0.05) is 60.7 Å². The van der Waals surface area contributed by atoms with Gasteiger partial charge in [0.05, 0.1) is 23.8 Å². The molecule has 43 heavy (non-hydrogen) atoms. The smallest absolute Gasteiger partial charge is 0.271 e. The molecule has 0 aliphatic carbocycles. The third kappa shape index (κ3) is 6.34. The number of ether oxygens (including phenoxy) is 1. The van der Waals surface area contributed by atoms with Gasteiger partial charge in [0.15, 0.2) is 0 Å². The Bertz CT molecular complexity index is 1840. The lowest BCUT2D eigenvalue weighted by molar-refractivity contribution is 0.0955. The molecule has 1 amide bonds. The van der Waals surface area contributed by atoms with E-state index in [0.29, 0.717) is 16.9 Å². The second kappa shape index (κ2) is 12.5. The molecule has 0 radical (unpaired) electrons. The minimum Gasteiger partial charge on any atom is -0.436 e. The number of rotatable bonds is 8. The number of halogens is 2. The molecule has 210 valence electrons. The van der Waals surface area contributed by atoms with Gasteiger partial charge in [0, 0.05) is 11.3 Å². The molecule has 2 aromatic heterocycles. The van der Waals surface area contributed by atoms with Crippen molar-refractivity contribution in [2.45, 2.75) is 0 Å². The topological polar surface area (TPSA) is 81.4 Å². The van der Waals surface area contributed by atoms with Crippen LogP contribution in [0.5, 0.6) is 11.6 Å². The van der Waals surface area contributed by atoms with Gasteiger partial charge >= 0.3 is 0 Å². The molecule has 0 fully saturated rings. The van der Waals surface area contributed by atoms with Gasteiger partial charge in [0.25, 0.3) is 11.8 Å².